The quantitative estimate of drug-likeness (QED) is 0.897. The normalized spacial score (nSPS) is 12.0. The van der Waals surface area contributed by atoms with Gasteiger partial charge >= 0.3 is 12.5 Å². The van der Waals surface area contributed by atoms with Crippen LogP contribution in [0.15, 0.2) is 18.2 Å². The molecule has 1 amide bonds. The van der Waals surface area contributed by atoms with Crippen LogP contribution in [0.3, 0.4) is 0 Å². The van der Waals surface area contributed by atoms with Crippen molar-refractivity contribution >= 4 is 11.8 Å². The van der Waals surface area contributed by atoms with Crippen molar-refractivity contribution in [1.82, 2.24) is 0 Å². The molecule has 0 aliphatic heterocycles. The fourth-order valence-electron chi connectivity index (χ4n) is 1.46. The van der Waals surface area contributed by atoms with E-state index in [-0.39, 0.29) is 12.2 Å². The van der Waals surface area contributed by atoms with Crippen LogP contribution in [0, 0.1) is 0 Å². The first kappa shape index (κ1) is 17.1. The number of anilines is 1. The Bertz CT molecular complexity index is 510. The SMILES string of the molecule is CC(C)(C)OC(=O)Nc1cc(OC(F)(F)F)ccc1CN. The molecule has 0 radical (unpaired) electrons. The molecule has 0 saturated heterocycles. The number of halogens is 3. The zero-order valence-corrected chi connectivity index (χ0v) is 11.9. The first-order valence-corrected chi connectivity index (χ1v) is 6.09. The minimum absolute atomic E-state index is 0.0391. The molecular weight excluding hydrogens is 289 g/mol. The van der Waals surface area contributed by atoms with Gasteiger partial charge in [0.05, 0.1) is 5.69 Å². The van der Waals surface area contributed by atoms with E-state index in [1.165, 1.54) is 6.07 Å². The Hall–Kier alpha value is -1.96. The maximum absolute atomic E-state index is 12.2. The molecule has 118 valence electrons. The highest BCUT2D eigenvalue weighted by molar-refractivity contribution is 5.86. The molecule has 0 saturated carbocycles. The summed E-state index contributed by atoms with van der Waals surface area (Å²) in [5, 5.41) is 2.36. The second-order valence-corrected chi connectivity index (χ2v) is 5.20. The van der Waals surface area contributed by atoms with Crippen LogP contribution >= 0.6 is 0 Å². The summed E-state index contributed by atoms with van der Waals surface area (Å²) >= 11 is 0. The fourth-order valence-corrected chi connectivity index (χ4v) is 1.46. The number of alkyl halides is 3. The van der Waals surface area contributed by atoms with Crippen LogP contribution in [0.2, 0.25) is 0 Å². The summed E-state index contributed by atoms with van der Waals surface area (Å²) in [6.07, 6.45) is -5.60. The number of carbonyl (C=O) groups excluding carboxylic acids is 1. The third kappa shape index (κ3) is 6.35. The lowest BCUT2D eigenvalue weighted by Crippen LogP contribution is -2.27. The van der Waals surface area contributed by atoms with Crippen molar-refractivity contribution in [3.63, 3.8) is 0 Å². The van der Waals surface area contributed by atoms with Crippen molar-refractivity contribution in [2.24, 2.45) is 5.73 Å². The number of hydrogen-bond acceptors (Lipinski definition) is 4. The van der Waals surface area contributed by atoms with Gasteiger partial charge < -0.3 is 15.2 Å². The molecule has 1 aromatic carbocycles. The van der Waals surface area contributed by atoms with E-state index in [0.29, 0.717) is 5.56 Å². The van der Waals surface area contributed by atoms with Crippen molar-refractivity contribution in [2.45, 2.75) is 39.3 Å². The standard InChI is InChI=1S/C13H17F3N2O3/c1-12(2,3)21-11(19)18-10-6-9(20-13(14,15)16)5-4-8(10)7-17/h4-6H,7,17H2,1-3H3,(H,18,19). The summed E-state index contributed by atoms with van der Waals surface area (Å²) in [6.45, 7) is 5.04. The molecule has 0 heterocycles. The summed E-state index contributed by atoms with van der Waals surface area (Å²) in [6, 6.07) is 3.50. The van der Waals surface area contributed by atoms with E-state index in [1.54, 1.807) is 20.8 Å². The first-order chi connectivity index (χ1) is 9.50. The molecule has 0 bridgehead atoms. The molecular formula is C13H17F3N2O3. The molecule has 8 heteroatoms. The van der Waals surface area contributed by atoms with Crippen LogP contribution in [0.5, 0.6) is 5.75 Å². The number of benzene rings is 1. The van der Waals surface area contributed by atoms with E-state index in [1.807, 2.05) is 0 Å². The molecule has 3 N–H and O–H groups in total. The van der Waals surface area contributed by atoms with Crippen LogP contribution < -0.4 is 15.8 Å². The van der Waals surface area contributed by atoms with Gasteiger partial charge in [0.2, 0.25) is 0 Å². The molecule has 0 unspecified atom stereocenters. The fraction of sp³-hybridized carbons (Fsp3) is 0.462. The van der Waals surface area contributed by atoms with E-state index < -0.39 is 23.8 Å². The smallest absolute Gasteiger partial charge is 0.444 e. The van der Waals surface area contributed by atoms with Gasteiger partial charge in [-0.15, -0.1) is 13.2 Å². The monoisotopic (exact) mass is 306 g/mol. The zero-order chi connectivity index (χ0) is 16.3. The maximum Gasteiger partial charge on any atom is 0.573 e. The highest BCUT2D eigenvalue weighted by Crippen LogP contribution is 2.28. The molecule has 0 atom stereocenters. The lowest BCUT2D eigenvalue weighted by Gasteiger charge is -2.20. The van der Waals surface area contributed by atoms with Gasteiger partial charge in [0.25, 0.3) is 0 Å². The van der Waals surface area contributed by atoms with E-state index >= 15 is 0 Å². The summed E-state index contributed by atoms with van der Waals surface area (Å²) < 4.78 is 45.4. The van der Waals surface area contributed by atoms with Gasteiger partial charge in [0, 0.05) is 12.6 Å². The minimum atomic E-state index is -4.81. The van der Waals surface area contributed by atoms with Gasteiger partial charge in [-0.2, -0.15) is 0 Å². The van der Waals surface area contributed by atoms with E-state index in [9.17, 15) is 18.0 Å². The van der Waals surface area contributed by atoms with Gasteiger partial charge in [-0.3, -0.25) is 5.32 Å². The Morgan fingerprint density at radius 3 is 2.38 bits per heavy atom. The van der Waals surface area contributed by atoms with Crippen LogP contribution in [0.4, 0.5) is 23.7 Å². The molecule has 5 nitrogen and oxygen atoms in total. The first-order valence-electron chi connectivity index (χ1n) is 6.09. The Labute approximate surface area is 120 Å². The van der Waals surface area contributed by atoms with E-state index in [2.05, 4.69) is 10.1 Å². The molecule has 0 spiro atoms. The molecule has 0 fully saturated rings. The Morgan fingerprint density at radius 1 is 1.29 bits per heavy atom. The van der Waals surface area contributed by atoms with Crippen molar-refractivity contribution in [3.05, 3.63) is 23.8 Å². The number of hydrogen-bond donors (Lipinski definition) is 2. The van der Waals surface area contributed by atoms with Gasteiger partial charge in [0.15, 0.2) is 0 Å². The average Bonchev–Trinajstić information content (AvgIpc) is 2.24. The highest BCUT2D eigenvalue weighted by atomic mass is 19.4. The highest BCUT2D eigenvalue weighted by Gasteiger charge is 2.31. The predicted octanol–water partition coefficient (Wildman–Crippen LogP) is 3.39. The summed E-state index contributed by atoms with van der Waals surface area (Å²) in [5.74, 6) is -0.453. The van der Waals surface area contributed by atoms with Crippen LogP contribution in [-0.4, -0.2) is 18.1 Å². The van der Waals surface area contributed by atoms with E-state index in [4.69, 9.17) is 10.5 Å². The summed E-state index contributed by atoms with van der Waals surface area (Å²) in [5.41, 5.74) is 5.31. The number of rotatable bonds is 3. The van der Waals surface area contributed by atoms with Crippen molar-refractivity contribution in [3.8, 4) is 5.75 Å². The van der Waals surface area contributed by atoms with E-state index in [0.717, 1.165) is 12.1 Å². The summed E-state index contributed by atoms with van der Waals surface area (Å²) in [7, 11) is 0. The average molecular weight is 306 g/mol. The lowest BCUT2D eigenvalue weighted by atomic mass is 10.1. The Balaban J connectivity index is 2.93. The molecule has 0 aliphatic rings. The van der Waals surface area contributed by atoms with Crippen LogP contribution in [0.25, 0.3) is 0 Å². The topological polar surface area (TPSA) is 73.6 Å². The van der Waals surface area contributed by atoms with Gasteiger partial charge in [-0.25, -0.2) is 4.79 Å². The van der Waals surface area contributed by atoms with Crippen molar-refractivity contribution < 1.29 is 27.4 Å². The van der Waals surface area contributed by atoms with Crippen molar-refractivity contribution in [2.75, 3.05) is 5.32 Å². The lowest BCUT2D eigenvalue weighted by molar-refractivity contribution is -0.274. The molecule has 0 aliphatic carbocycles. The predicted molar refractivity (Wildman–Crippen MR) is 70.9 cm³/mol. The number of nitrogens with one attached hydrogen (secondary N) is 1. The summed E-state index contributed by atoms with van der Waals surface area (Å²) in [4.78, 5) is 11.7. The second-order valence-electron chi connectivity index (χ2n) is 5.20. The Morgan fingerprint density at radius 2 is 1.90 bits per heavy atom. The van der Waals surface area contributed by atoms with Crippen molar-refractivity contribution in [1.29, 1.82) is 0 Å². The van der Waals surface area contributed by atoms with Gasteiger partial charge in [-0.1, -0.05) is 6.07 Å². The molecule has 1 rings (SSSR count). The largest absolute Gasteiger partial charge is 0.573 e. The molecule has 0 aromatic heterocycles. The Kier molecular flexibility index (Phi) is 5.06. The third-order valence-corrected chi connectivity index (χ3v) is 2.17. The number of carbonyl (C=O) groups is 1. The van der Waals surface area contributed by atoms with Crippen LogP contribution in [0.1, 0.15) is 26.3 Å². The number of amides is 1. The van der Waals surface area contributed by atoms with Crippen LogP contribution in [-0.2, 0) is 11.3 Å². The maximum atomic E-state index is 12.2. The second kappa shape index (κ2) is 6.21. The van der Waals surface area contributed by atoms with Gasteiger partial charge in [-0.05, 0) is 32.4 Å². The molecule has 21 heavy (non-hydrogen) atoms. The number of ether oxygens (including phenoxy) is 2. The number of nitrogens with two attached hydrogens (primary N) is 1. The zero-order valence-electron chi connectivity index (χ0n) is 11.9. The van der Waals surface area contributed by atoms with Gasteiger partial charge in [0.1, 0.15) is 11.4 Å². The molecule has 1 aromatic rings. The minimum Gasteiger partial charge on any atom is -0.444 e. The third-order valence-electron chi connectivity index (χ3n) is 2.17.